The van der Waals surface area contributed by atoms with E-state index < -0.39 is 0 Å². The molecule has 0 bridgehead atoms. The van der Waals surface area contributed by atoms with E-state index in [1.165, 1.54) is 16.7 Å². The maximum Gasteiger partial charge on any atom is 0.315 e. The Balaban J connectivity index is 1.07. The number of rotatable bonds is 19. The molecule has 0 aromatic carbocycles. The van der Waals surface area contributed by atoms with E-state index >= 15 is 0 Å². The number of hydrogen-bond acceptors (Lipinski definition) is 7. The zero-order valence-corrected chi connectivity index (χ0v) is 23.4. The third kappa shape index (κ3) is 10.7. The van der Waals surface area contributed by atoms with Gasteiger partial charge in [0.15, 0.2) is 17.5 Å². The van der Waals surface area contributed by atoms with Crippen LogP contribution in [0, 0.1) is 0 Å². The molecule has 3 rings (SSSR count). The third-order valence-corrected chi connectivity index (χ3v) is 8.72. The van der Waals surface area contributed by atoms with Crippen LogP contribution >= 0.6 is 11.8 Å². The van der Waals surface area contributed by atoms with Gasteiger partial charge in [0.1, 0.15) is 0 Å². The highest BCUT2D eigenvalue weighted by Crippen LogP contribution is 2.33. The fourth-order valence-corrected chi connectivity index (χ4v) is 6.53. The number of nitrogens with one attached hydrogen (secondary N) is 4. The molecule has 39 heavy (non-hydrogen) atoms. The number of aromatic hydroxyl groups is 2. The van der Waals surface area contributed by atoms with Crippen molar-refractivity contribution in [2.24, 2.45) is 0 Å². The summed E-state index contributed by atoms with van der Waals surface area (Å²) < 4.78 is 1.17. The Morgan fingerprint density at radius 2 is 1.44 bits per heavy atom. The van der Waals surface area contributed by atoms with E-state index in [0.717, 1.165) is 57.1 Å². The molecule has 4 amide bonds. The van der Waals surface area contributed by atoms with E-state index in [0.29, 0.717) is 44.0 Å². The van der Waals surface area contributed by atoms with Crippen molar-refractivity contribution >= 4 is 35.4 Å². The molecule has 2 aliphatic heterocycles. The van der Waals surface area contributed by atoms with Crippen LogP contribution in [-0.2, 0) is 20.9 Å². The molecular weight excluding hydrogens is 522 g/mol. The molecule has 2 aliphatic rings. The lowest BCUT2D eigenvalue weighted by Gasteiger charge is -2.16. The number of urea groups is 1. The van der Waals surface area contributed by atoms with Crippen molar-refractivity contribution in [1.29, 1.82) is 0 Å². The third-order valence-electron chi connectivity index (χ3n) is 7.21. The number of carbonyl (C=O) groups excluding carboxylic acids is 4. The minimum Gasteiger partial charge on any atom is -0.494 e. The zero-order chi connectivity index (χ0) is 28.0. The molecule has 3 atom stereocenters. The summed E-state index contributed by atoms with van der Waals surface area (Å²) in [7, 11) is 0. The molecule has 6 N–H and O–H groups in total. The highest BCUT2D eigenvalue weighted by molar-refractivity contribution is 8.00. The predicted octanol–water partition coefficient (Wildman–Crippen LogP) is 2.55. The molecule has 0 saturated carbocycles. The average molecular weight is 566 g/mol. The smallest absolute Gasteiger partial charge is 0.315 e. The largest absolute Gasteiger partial charge is 0.494 e. The van der Waals surface area contributed by atoms with Gasteiger partial charge < -0.3 is 31.5 Å². The molecule has 2 saturated heterocycles. The number of Topliss-reactive ketones (excluding diaryl/α,β-unsaturated/α-hetero) is 1. The number of aromatic nitrogens is 1. The summed E-state index contributed by atoms with van der Waals surface area (Å²) in [6.07, 6.45) is 8.98. The van der Waals surface area contributed by atoms with Crippen LogP contribution < -0.4 is 21.3 Å². The van der Waals surface area contributed by atoms with E-state index in [4.69, 9.17) is 0 Å². The van der Waals surface area contributed by atoms with Crippen molar-refractivity contribution in [2.75, 3.05) is 18.8 Å². The Kier molecular flexibility index (Phi) is 12.8. The first kappa shape index (κ1) is 30.6. The van der Waals surface area contributed by atoms with Crippen LogP contribution in [0.4, 0.5) is 4.79 Å². The second-order valence-electron chi connectivity index (χ2n) is 10.4. The van der Waals surface area contributed by atoms with Crippen molar-refractivity contribution in [2.45, 2.75) is 101 Å². The first-order chi connectivity index (χ1) is 18.8. The average Bonchev–Trinajstić information content (AvgIpc) is 3.56. The molecule has 11 nitrogen and oxygen atoms in total. The summed E-state index contributed by atoms with van der Waals surface area (Å²) in [5.74, 6) is 0.724. The maximum absolute atomic E-state index is 12.0. The number of thioether (sulfide) groups is 1. The zero-order valence-electron chi connectivity index (χ0n) is 22.6. The molecule has 12 heteroatoms. The van der Waals surface area contributed by atoms with Crippen LogP contribution in [0.25, 0.3) is 0 Å². The lowest BCUT2D eigenvalue weighted by Crippen LogP contribution is -2.36. The Bertz CT molecular complexity index is 951. The van der Waals surface area contributed by atoms with Gasteiger partial charge in [0, 0.05) is 55.5 Å². The molecule has 1 aromatic heterocycles. The van der Waals surface area contributed by atoms with Gasteiger partial charge in [0.2, 0.25) is 11.8 Å². The highest BCUT2D eigenvalue weighted by atomic mass is 32.2. The van der Waals surface area contributed by atoms with Crippen molar-refractivity contribution in [1.82, 2.24) is 25.8 Å². The van der Waals surface area contributed by atoms with Crippen LogP contribution in [0.15, 0.2) is 12.1 Å². The number of hydrogen-bond donors (Lipinski definition) is 6. The van der Waals surface area contributed by atoms with Crippen LogP contribution in [0.2, 0.25) is 0 Å². The van der Waals surface area contributed by atoms with E-state index in [2.05, 4.69) is 21.3 Å². The summed E-state index contributed by atoms with van der Waals surface area (Å²) >= 11 is 1.90. The molecule has 0 spiro atoms. The predicted molar refractivity (Wildman–Crippen MR) is 150 cm³/mol. The number of fused-ring (bicyclic) bond motifs is 1. The molecule has 3 heterocycles. The maximum atomic E-state index is 12.0. The van der Waals surface area contributed by atoms with Crippen molar-refractivity contribution in [3.63, 3.8) is 0 Å². The fraction of sp³-hybridized carbons (Fsp3) is 0.704. The van der Waals surface area contributed by atoms with Crippen molar-refractivity contribution in [3.8, 4) is 11.8 Å². The van der Waals surface area contributed by atoms with Crippen LogP contribution in [0.1, 0.15) is 77.0 Å². The molecule has 0 aliphatic carbocycles. The lowest BCUT2D eigenvalue weighted by atomic mass is 10.0. The summed E-state index contributed by atoms with van der Waals surface area (Å²) in [4.78, 5) is 47.4. The molecular formula is C27H43N5O6S. The minimum absolute atomic E-state index is 0.0216. The van der Waals surface area contributed by atoms with Gasteiger partial charge in [0.05, 0.1) is 18.6 Å². The Morgan fingerprint density at radius 3 is 2.08 bits per heavy atom. The monoisotopic (exact) mass is 565 g/mol. The number of unbranched alkanes of at least 4 members (excludes halogenated alkanes) is 5. The summed E-state index contributed by atoms with van der Waals surface area (Å²) in [5, 5.41) is 31.4. The number of carbonyl (C=O) groups is 4. The van der Waals surface area contributed by atoms with Crippen molar-refractivity contribution in [3.05, 3.63) is 12.1 Å². The van der Waals surface area contributed by atoms with E-state index in [1.54, 1.807) is 0 Å². The normalized spacial score (nSPS) is 19.8. The SMILES string of the molecule is O=C(CCCCCNC(=O)CCCCCNC(=O)CCCCC1SCC2NC(=O)NC21)Cn1c(O)ccc1O. The number of amides is 4. The minimum atomic E-state index is -0.132. The lowest BCUT2D eigenvalue weighted by molar-refractivity contribution is -0.122. The van der Waals surface area contributed by atoms with Gasteiger partial charge in [-0.15, -0.1) is 0 Å². The molecule has 1 aromatic rings. The first-order valence-electron chi connectivity index (χ1n) is 14.1. The van der Waals surface area contributed by atoms with E-state index in [1.807, 2.05) is 11.8 Å². The van der Waals surface area contributed by atoms with E-state index in [-0.39, 0.29) is 54.0 Å². The quantitative estimate of drug-likeness (QED) is 0.111. The number of ketones is 1. The van der Waals surface area contributed by atoms with Gasteiger partial charge in [-0.2, -0.15) is 11.8 Å². The Labute approximate surface area is 234 Å². The van der Waals surface area contributed by atoms with Crippen molar-refractivity contribution < 1.29 is 29.4 Å². The molecule has 218 valence electrons. The van der Waals surface area contributed by atoms with Gasteiger partial charge in [-0.1, -0.05) is 19.3 Å². The fourth-order valence-electron chi connectivity index (χ4n) is 4.98. The molecule has 2 fully saturated rings. The summed E-state index contributed by atoms with van der Waals surface area (Å²) in [6.45, 7) is 1.16. The van der Waals surface area contributed by atoms with Crippen LogP contribution in [0.3, 0.4) is 0 Å². The Morgan fingerprint density at radius 1 is 0.846 bits per heavy atom. The van der Waals surface area contributed by atoms with Gasteiger partial charge in [0.25, 0.3) is 0 Å². The Hall–Kier alpha value is -2.89. The van der Waals surface area contributed by atoms with E-state index in [9.17, 15) is 29.4 Å². The van der Waals surface area contributed by atoms with Crippen LogP contribution in [-0.4, -0.2) is 74.6 Å². The van der Waals surface area contributed by atoms with Gasteiger partial charge in [-0.05, 0) is 38.5 Å². The second-order valence-corrected chi connectivity index (χ2v) is 11.6. The molecule has 3 unspecified atom stereocenters. The van der Waals surface area contributed by atoms with Gasteiger partial charge in [-0.25, -0.2) is 4.79 Å². The van der Waals surface area contributed by atoms with Gasteiger partial charge in [-0.3, -0.25) is 19.0 Å². The topological polar surface area (TPSA) is 162 Å². The highest BCUT2D eigenvalue weighted by Gasteiger charge is 2.42. The first-order valence-corrected chi connectivity index (χ1v) is 15.2. The second kappa shape index (κ2) is 16.3. The standard InChI is InChI=1S/C27H43N5O6S/c33-19(17-32-24(36)13-14-25(32)37)9-3-1-7-15-28-22(34)11-4-2-8-16-29-23(35)12-6-5-10-21-26-20(18-39-21)30-27(38)31-26/h13-14,20-21,26,36-37H,1-12,15-18H2,(H,28,34)(H,29,35)(H2,30,31,38). The van der Waals surface area contributed by atoms with Crippen LogP contribution in [0.5, 0.6) is 11.8 Å². The summed E-state index contributed by atoms with van der Waals surface area (Å²) in [6, 6.07) is 3.08. The van der Waals surface area contributed by atoms with Gasteiger partial charge >= 0.3 is 6.03 Å². The summed E-state index contributed by atoms with van der Waals surface area (Å²) in [5.41, 5.74) is 0. The molecule has 0 radical (unpaired) electrons. The number of nitrogens with zero attached hydrogens (tertiary/aromatic N) is 1.